The topological polar surface area (TPSA) is 89.3 Å². The molecule has 0 aliphatic carbocycles. The lowest BCUT2D eigenvalue weighted by atomic mass is 10.1. The van der Waals surface area contributed by atoms with Gasteiger partial charge in [0.25, 0.3) is 5.91 Å². The van der Waals surface area contributed by atoms with Crippen LogP contribution in [0.15, 0.2) is 24.3 Å². The van der Waals surface area contributed by atoms with Crippen LogP contribution < -0.4 is 11.1 Å². The number of nitrogens with one attached hydrogen (secondary N) is 1. The number of amides is 1. The smallest absolute Gasteiger partial charge is 0.251 e. The number of benzene rings is 1. The largest absolute Gasteiger partial charge is 0.351 e. The summed E-state index contributed by atoms with van der Waals surface area (Å²) in [7, 11) is -3.04. The van der Waals surface area contributed by atoms with Gasteiger partial charge in [-0.1, -0.05) is 17.9 Å². The first-order valence-corrected chi connectivity index (χ1v) is 8.53. The zero-order chi connectivity index (χ0) is 15.3. The molecule has 3 N–H and O–H groups in total. The summed E-state index contributed by atoms with van der Waals surface area (Å²) in [6, 6.07) is 6.87. The fourth-order valence-corrected chi connectivity index (χ4v) is 4.05. The van der Waals surface area contributed by atoms with Gasteiger partial charge < -0.3 is 11.1 Å². The Balaban J connectivity index is 2.00. The van der Waals surface area contributed by atoms with Crippen LogP contribution in [0.2, 0.25) is 0 Å². The van der Waals surface area contributed by atoms with Gasteiger partial charge in [0.05, 0.1) is 17.5 Å². The molecule has 0 bridgehead atoms. The predicted molar refractivity (Wildman–Crippen MR) is 81.5 cm³/mol. The Hall–Kier alpha value is -1.84. The quantitative estimate of drug-likeness (QED) is 0.786. The molecule has 0 radical (unpaired) electrons. The summed E-state index contributed by atoms with van der Waals surface area (Å²) >= 11 is 0. The van der Waals surface area contributed by atoms with Crippen molar-refractivity contribution in [2.45, 2.75) is 18.1 Å². The van der Waals surface area contributed by atoms with Crippen molar-refractivity contribution >= 4 is 15.7 Å². The zero-order valence-electron chi connectivity index (χ0n) is 11.6. The lowest BCUT2D eigenvalue weighted by Crippen LogP contribution is -2.34. The number of nitrogens with two attached hydrogens (primary N) is 1. The van der Waals surface area contributed by atoms with Crippen LogP contribution >= 0.6 is 0 Å². The second-order valence-electron chi connectivity index (χ2n) is 4.93. The van der Waals surface area contributed by atoms with E-state index >= 15 is 0 Å². The van der Waals surface area contributed by atoms with Crippen LogP contribution in [0.1, 0.15) is 28.8 Å². The Morgan fingerprint density at radius 3 is 2.90 bits per heavy atom. The SMILES string of the molecule is NCC#Cc1cccc(C(=O)NCC2CCCS2(=O)=O)c1. The molecule has 6 heteroatoms. The number of carbonyl (C=O) groups is 1. The van der Waals surface area contributed by atoms with Gasteiger partial charge in [-0.25, -0.2) is 8.42 Å². The summed E-state index contributed by atoms with van der Waals surface area (Å²) in [4.78, 5) is 12.1. The molecule has 1 fully saturated rings. The summed E-state index contributed by atoms with van der Waals surface area (Å²) in [6.45, 7) is 0.426. The monoisotopic (exact) mass is 306 g/mol. The molecule has 2 rings (SSSR count). The van der Waals surface area contributed by atoms with Crippen LogP contribution in [0, 0.1) is 11.8 Å². The lowest BCUT2D eigenvalue weighted by Gasteiger charge is -2.10. The molecule has 1 amide bonds. The lowest BCUT2D eigenvalue weighted by molar-refractivity contribution is 0.0953. The molecule has 1 unspecified atom stereocenters. The van der Waals surface area contributed by atoms with Crippen LogP contribution in [0.3, 0.4) is 0 Å². The molecular formula is C15H18N2O3S. The van der Waals surface area contributed by atoms with Gasteiger partial charge in [-0.05, 0) is 31.0 Å². The molecule has 1 aromatic carbocycles. The molecule has 1 aliphatic rings. The fourth-order valence-electron chi connectivity index (χ4n) is 2.29. The van der Waals surface area contributed by atoms with E-state index in [4.69, 9.17) is 5.73 Å². The van der Waals surface area contributed by atoms with E-state index in [9.17, 15) is 13.2 Å². The Bertz CT molecular complexity index is 686. The van der Waals surface area contributed by atoms with E-state index in [2.05, 4.69) is 17.2 Å². The first-order chi connectivity index (χ1) is 10.0. The minimum Gasteiger partial charge on any atom is -0.351 e. The molecule has 0 spiro atoms. The molecule has 1 atom stereocenters. The zero-order valence-corrected chi connectivity index (χ0v) is 12.4. The van der Waals surface area contributed by atoms with Crippen LogP contribution in [0.5, 0.6) is 0 Å². The molecule has 1 heterocycles. The van der Waals surface area contributed by atoms with Crippen LogP contribution in [-0.4, -0.2) is 38.4 Å². The van der Waals surface area contributed by atoms with E-state index < -0.39 is 15.1 Å². The summed E-state index contributed by atoms with van der Waals surface area (Å²) in [5.41, 5.74) is 6.48. The molecule has 5 nitrogen and oxygen atoms in total. The maximum absolute atomic E-state index is 12.1. The average Bonchev–Trinajstić information content (AvgIpc) is 2.81. The molecule has 1 saturated heterocycles. The van der Waals surface area contributed by atoms with E-state index in [1.807, 2.05) is 0 Å². The number of carbonyl (C=O) groups excluding carboxylic acids is 1. The molecule has 0 saturated carbocycles. The third kappa shape index (κ3) is 4.06. The van der Waals surface area contributed by atoms with Crippen LogP contribution in [0.4, 0.5) is 0 Å². The van der Waals surface area contributed by atoms with E-state index in [0.717, 1.165) is 0 Å². The van der Waals surface area contributed by atoms with Crippen molar-refractivity contribution in [1.29, 1.82) is 0 Å². The van der Waals surface area contributed by atoms with E-state index in [-0.39, 0.29) is 24.7 Å². The third-order valence-electron chi connectivity index (χ3n) is 3.41. The van der Waals surface area contributed by atoms with Crippen LogP contribution in [0.25, 0.3) is 0 Å². The Kier molecular flexibility index (Phi) is 4.99. The van der Waals surface area contributed by atoms with Gasteiger partial charge in [0.1, 0.15) is 0 Å². The van der Waals surface area contributed by atoms with Gasteiger partial charge in [0, 0.05) is 17.7 Å². The van der Waals surface area contributed by atoms with Crippen molar-refractivity contribution in [3.05, 3.63) is 35.4 Å². The Morgan fingerprint density at radius 1 is 1.43 bits per heavy atom. The highest BCUT2D eigenvalue weighted by Gasteiger charge is 2.31. The first-order valence-electron chi connectivity index (χ1n) is 6.82. The number of rotatable bonds is 3. The minimum atomic E-state index is -3.04. The maximum Gasteiger partial charge on any atom is 0.251 e. The molecule has 21 heavy (non-hydrogen) atoms. The second-order valence-corrected chi connectivity index (χ2v) is 7.33. The normalized spacial score (nSPS) is 19.6. The summed E-state index contributed by atoms with van der Waals surface area (Å²) in [5, 5.41) is 2.23. The van der Waals surface area contributed by atoms with E-state index in [1.165, 1.54) is 0 Å². The van der Waals surface area contributed by atoms with E-state index in [1.54, 1.807) is 24.3 Å². The highest BCUT2D eigenvalue weighted by Crippen LogP contribution is 2.19. The van der Waals surface area contributed by atoms with Gasteiger partial charge >= 0.3 is 0 Å². The first kappa shape index (κ1) is 15.5. The average molecular weight is 306 g/mol. The molecule has 112 valence electrons. The number of sulfone groups is 1. The second kappa shape index (κ2) is 6.74. The van der Waals surface area contributed by atoms with Crippen molar-refractivity contribution in [2.24, 2.45) is 5.73 Å². The molecule has 1 aliphatic heterocycles. The van der Waals surface area contributed by atoms with Gasteiger partial charge in [0.2, 0.25) is 0 Å². The van der Waals surface area contributed by atoms with Crippen molar-refractivity contribution in [3.8, 4) is 11.8 Å². The highest BCUT2D eigenvalue weighted by atomic mass is 32.2. The molecule has 1 aromatic rings. The Labute approximate surface area is 124 Å². The van der Waals surface area contributed by atoms with Gasteiger partial charge in [-0.15, -0.1) is 0 Å². The fraction of sp³-hybridized carbons (Fsp3) is 0.400. The highest BCUT2D eigenvalue weighted by molar-refractivity contribution is 7.92. The standard InChI is InChI=1S/C15H18N2O3S/c16-8-2-5-12-4-1-6-13(10-12)15(18)17-11-14-7-3-9-21(14,19)20/h1,4,6,10,14H,3,7-9,11,16H2,(H,17,18). The van der Waals surface area contributed by atoms with Gasteiger partial charge in [0.15, 0.2) is 9.84 Å². The predicted octanol–water partition coefficient (Wildman–Crippen LogP) is 0.304. The van der Waals surface area contributed by atoms with Crippen molar-refractivity contribution < 1.29 is 13.2 Å². The van der Waals surface area contributed by atoms with Crippen molar-refractivity contribution in [3.63, 3.8) is 0 Å². The summed E-state index contributed by atoms with van der Waals surface area (Å²) < 4.78 is 23.4. The minimum absolute atomic E-state index is 0.167. The third-order valence-corrected chi connectivity index (χ3v) is 5.69. The molecular weight excluding hydrogens is 288 g/mol. The maximum atomic E-state index is 12.1. The summed E-state index contributed by atoms with van der Waals surface area (Å²) in [6.07, 6.45) is 1.29. The van der Waals surface area contributed by atoms with Crippen molar-refractivity contribution in [2.75, 3.05) is 18.8 Å². The van der Waals surface area contributed by atoms with E-state index in [0.29, 0.717) is 24.0 Å². The van der Waals surface area contributed by atoms with Gasteiger partial charge in [-0.3, -0.25) is 4.79 Å². The number of hydrogen-bond donors (Lipinski definition) is 2. The van der Waals surface area contributed by atoms with Gasteiger partial charge in [-0.2, -0.15) is 0 Å². The molecule has 0 aromatic heterocycles. The van der Waals surface area contributed by atoms with Crippen molar-refractivity contribution in [1.82, 2.24) is 5.32 Å². The Morgan fingerprint density at radius 2 is 2.24 bits per heavy atom. The number of hydrogen-bond acceptors (Lipinski definition) is 4. The van der Waals surface area contributed by atoms with Crippen LogP contribution in [-0.2, 0) is 9.84 Å². The summed E-state index contributed by atoms with van der Waals surface area (Å²) in [5.74, 6) is 5.52.